The van der Waals surface area contributed by atoms with Crippen LogP contribution in [-0.4, -0.2) is 33.0 Å². The first kappa shape index (κ1) is 9.74. The van der Waals surface area contributed by atoms with Crippen molar-refractivity contribution >= 4 is 22.2 Å². The van der Waals surface area contributed by atoms with Gasteiger partial charge < -0.3 is 5.32 Å². The third-order valence-electron chi connectivity index (χ3n) is 3.85. The van der Waals surface area contributed by atoms with Crippen LogP contribution in [0.2, 0.25) is 0 Å². The molecule has 2 heterocycles. The number of fused-ring (bicyclic) bond motifs is 4. The van der Waals surface area contributed by atoms with Gasteiger partial charge in [-0.05, 0) is 36.8 Å². The van der Waals surface area contributed by atoms with Gasteiger partial charge in [0.1, 0.15) is 0 Å². The molecule has 0 amide bonds. The highest BCUT2D eigenvalue weighted by atomic mass is 35.5. The molecule has 3 nitrogen and oxygen atoms in total. The Bertz CT molecular complexity index is 292. The average molecular weight is 224 g/mol. The van der Waals surface area contributed by atoms with E-state index in [0.717, 1.165) is 13.1 Å². The van der Waals surface area contributed by atoms with Crippen molar-refractivity contribution in [1.29, 1.82) is 0 Å². The van der Waals surface area contributed by atoms with Gasteiger partial charge in [-0.15, -0.1) is 12.4 Å². The molecule has 2 aliphatic heterocycles. The van der Waals surface area contributed by atoms with Gasteiger partial charge in [-0.2, -0.15) is 0 Å². The van der Waals surface area contributed by atoms with Crippen LogP contribution in [0.3, 0.4) is 0 Å². The average Bonchev–Trinajstić information content (AvgIpc) is 2.49. The molecule has 0 radical (unpaired) electrons. The molecule has 0 aromatic carbocycles. The Hall–Kier alpha value is 0.200. The maximum Gasteiger partial charge on any atom is 0.150 e. The number of sulfone groups is 1. The molecule has 0 bridgehead atoms. The lowest BCUT2D eigenvalue weighted by atomic mass is 9.60. The first-order valence-corrected chi connectivity index (χ1v) is 6.41. The summed E-state index contributed by atoms with van der Waals surface area (Å²) in [4.78, 5) is 0. The Balaban J connectivity index is 0.000000653. The Kier molecular flexibility index (Phi) is 2.13. The molecule has 3 rings (SSSR count). The molecular weight excluding hydrogens is 210 g/mol. The Morgan fingerprint density at radius 1 is 0.923 bits per heavy atom. The smallest absolute Gasteiger partial charge is 0.150 e. The van der Waals surface area contributed by atoms with E-state index in [9.17, 15) is 8.42 Å². The van der Waals surface area contributed by atoms with Gasteiger partial charge in [-0.25, -0.2) is 8.42 Å². The van der Waals surface area contributed by atoms with Crippen molar-refractivity contribution in [3.05, 3.63) is 0 Å². The molecule has 5 heteroatoms. The van der Waals surface area contributed by atoms with E-state index in [0.29, 0.717) is 35.2 Å². The van der Waals surface area contributed by atoms with Gasteiger partial charge in [0.25, 0.3) is 0 Å². The molecule has 1 saturated carbocycles. The molecule has 0 spiro atoms. The largest absolute Gasteiger partial charge is 0.316 e. The topological polar surface area (TPSA) is 46.2 Å². The zero-order valence-electron chi connectivity index (χ0n) is 7.27. The zero-order chi connectivity index (χ0) is 8.34. The van der Waals surface area contributed by atoms with Gasteiger partial charge in [-0.3, -0.25) is 0 Å². The van der Waals surface area contributed by atoms with Crippen LogP contribution in [-0.2, 0) is 9.84 Å². The SMILES string of the molecule is Cl.O=S1(=O)CC2C3CNCC3C2C1. The fourth-order valence-corrected chi connectivity index (χ4v) is 5.59. The summed E-state index contributed by atoms with van der Waals surface area (Å²) in [5.41, 5.74) is 0. The number of halogens is 1. The molecule has 1 N–H and O–H groups in total. The number of hydrogen-bond acceptors (Lipinski definition) is 3. The van der Waals surface area contributed by atoms with Gasteiger partial charge in [0.15, 0.2) is 9.84 Å². The van der Waals surface area contributed by atoms with Gasteiger partial charge in [0.05, 0.1) is 11.5 Å². The van der Waals surface area contributed by atoms with E-state index < -0.39 is 9.84 Å². The summed E-state index contributed by atoms with van der Waals surface area (Å²) < 4.78 is 22.6. The highest BCUT2D eigenvalue weighted by molar-refractivity contribution is 7.91. The number of hydrogen-bond donors (Lipinski definition) is 1. The molecule has 2 saturated heterocycles. The first-order valence-electron chi connectivity index (χ1n) is 4.58. The third-order valence-corrected chi connectivity index (χ3v) is 5.64. The molecule has 1 aliphatic carbocycles. The number of nitrogens with one attached hydrogen (secondary N) is 1. The van der Waals surface area contributed by atoms with Crippen LogP contribution in [0.25, 0.3) is 0 Å². The fraction of sp³-hybridized carbons (Fsp3) is 1.00. The third kappa shape index (κ3) is 1.22. The first-order chi connectivity index (χ1) is 5.67. The van der Waals surface area contributed by atoms with Crippen molar-refractivity contribution < 1.29 is 8.42 Å². The zero-order valence-corrected chi connectivity index (χ0v) is 8.90. The van der Waals surface area contributed by atoms with Gasteiger partial charge in [0.2, 0.25) is 0 Å². The van der Waals surface area contributed by atoms with Crippen molar-refractivity contribution in [1.82, 2.24) is 5.32 Å². The highest BCUT2D eigenvalue weighted by Gasteiger charge is 2.58. The lowest BCUT2D eigenvalue weighted by Gasteiger charge is -2.43. The van der Waals surface area contributed by atoms with Gasteiger partial charge in [0, 0.05) is 0 Å². The molecule has 3 aliphatic rings. The van der Waals surface area contributed by atoms with Crippen LogP contribution >= 0.6 is 12.4 Å². The van der Waals surface area contributed by atoms with Crippen molar-refractivity contribution in [2.75, 3.05) is 24.6 Å². The molecule has 0 aromatic heterocycles. The maximum absolute atomic E-state index is 11.3. The second-order valence-electron chi connectivity index (χ2n) is 4.39. The molecular formula is C8H14ClNO2S. The van der Waals surface area contributed by atoms with Crippen molar-refractivity contribution in [3.63, 3.8) is 0 Å². The molecule has 13 heavy (non-hydrogen) atoms. The summed E-state index contributed by atoms with van der Waals surface area (Å²) in [5, 5.41) is 3.35. The van der Waals surface area contributed by atoms with Crippen LogP contribution in [0.1, 0.15) is 0 Å². The maximum atomic E-state index is 11.3. The van der Waals surface area contributed by atoms with Crippen molar-refractivity contribution in [3.8, 4) is 0 Å². The normalized spacial score (nSPS) is 50.2. The van der Waals surface area contributed by atoms with Crippen molar-refractivity contribution in [2.24, 2.45) is 23.7 Å². The highest BCUT2D eigenvalue weighted by Crippen LogP contribution is 2.52. The minimum Gasteiger partial charge on any atom is -0.316 e. The predicted octanol–water partition coefficient (Wildman–Crippen LogP) is -0.0818. The van der Waals surface area contributed by atoms with Crippen molar-refractivity contribution in [2.45, 2.75) is 0 Å². The minimum atomic E-state index is -2.65. The van der Waals surface area contributed by atoms with Gasteiger partial charge in [-0.1, -0.05) is 0 Å². The summed E-state index contributed by atoms with van der Waals surface area (Å²) >= 11 is 0. The Morgan fingerprint density at radius 3 is 1.85 bits per heavy atom. The van der Waals surface area contributed by atoms with E-state index in [1.54, 1.807) is 0 Å². The standard InChI is InChI=1S/C8H13NO2S.ClH/c10-12(11)3-7-5-1-9-2-6(5)8(7)4-12;/h5-9H,1-4H2;1H. The van der Waals surface area contributed by atoms with E-state index in [1.807, 2.05) is 0 Å². The fourth-order valence-electron chi connectivity index (χ4n) is 3.30. The van der Waals surface area contributed by atoms with Crippen LogP contribution in [0.4, 0.5) is 0 Å². The van der Waals surface area contributed by atoms with E-state index in [4.69, 9.17) is 0 Å². The number of rotatable bonds is 0. The Labute approximate surface area is 84.6 Å². The lowest BCUT2D eigenvalue weighted by molar-refractivity contribution is 0.0629. The van der Waals surface area contributed by atoms with Crippen LogP contribution in [0, 0.1) is 23.7 Å². The van der Waals surface area contributed by atoms with Crippen LogP contribution in [0.15, 0.2) is 0 Å². The molecule has 4 unspecified atom stereocenters. The minimum absolute atomic E-state index is 0. The second-order valence-corrected chi connectivity index (χ2v) is 6.54. The summed E-state index contributed by atoms with van der Waals surface area (Å²) in [5.74, 6) is 3.34. The van der Waals surface area contributed by atoms with Gasteiger partial charge >= 0.3 is 0 Å². The molecule has 4 atom stereocenters. The van der Waals surface area contributed by atoms with E-state index in [1.165, 1.54) is 0 Å². The summed E-state index contributed by atoms with van der Waals surface area (Å²) in [6, 6.07) is 0. The summed E-state index contributed by atoms with van der Waals surface area (Å²) in [7, 11) is -2.65. The predicted molar refractivity (Wildman–Crippen MR) is 52.7 cm³/mol. The molecule has 76 valence electrons. The quantitative estimate of drug-likeness (QED) is 0.625. The Morgan fingerprint density at radius 2 is 1.38 bits per heavy atom. The summed E-state index contributed by atoms with van der Waals surface area (Å²) in [6.45, 7) is 2.11. The van der Waals surface area contributed by atoms with E-state index >= 15 is 0 Å². The molecule has 0 aromatic rings. The second kappa shape index (κ2) is 2.84. The monoisotopic (exact) mass is 223 g/mol. The van der Waals surface area contributed by atoms with E-state index in [-0.39, 0.29) is 12.4 Å². The van der Waals surface area contributed by atoms with Crippen LogP contribution in [0.5, 0.6) is 0 Å². The summed E-state index contributed by atoms with van der Waals surface area (Å²) in [6.07, 6.45) is 0. The van der Waals surface area contributed by atoms with E-state index in [2.05, 4.69) is 5.32 Å². The van der Waals surface area contributed by atoms with Crippen LogP contribution < -0.4 is 5.32 Å². The molecule has 3 fully saturated rings. The lowest BCUT2D eigenvalue weighted by Crippen LogP contribution is -2.44.